The summed E-state index contributed by atoms with van der Waals surface area (Å²) in [7, 11) is 13.3. The van der Waals surface area contributed by atoms with E-state index in [4.69, 9.17) is 17.0 Å². The van der Waals surface area contributed by atoms with Gasteiger partial charge in [0.1, 0.15) is 0 Å². The van der Waals surface area contributed by atoms with Gasteiger partial charge in [0.2, 0.25) is 0 Å². The van der Waals surface area contributed by atoms with Crippen LogP contribution in [0.25, 0.3) is 17.2 Å². The Kier molecular flexibility index (Phi) is 6.47. The van der Waals surface area contributed by atoms with Crippen LogP contribution >= 0.6 is 17.0 Å². The molecular formula is C24H29Cl2Zr. The molecule has 143 valence electrons. The molecule has 0 heterocycles. The Bertz CT molecular complexity index is 872. The summed E-state index contributed by atoms with van der Waals surface area (Å²) >= 11 is -2.49. The molecule has 0 bridgehead atoms. The van der Waals surface area contributed by atoms with E-state index in [9.17, 15) is 0 Å². The van der Waals surface area contributed by atoms with Gasteiger partial charge in [-0.2, -0.15) is 0 Å². The van der Waals surface area contributed by atoms with Crippen LogP contribution in [-0.4, -0.2) is 0 Å². The number of benzene rings is 2. The van der Waals surface area contributed by atoms with Gasteiger partial charge in [-0.15, -0.1) is 0 Å². The van der Waals surface area contributed by atoms with Crippen LogP contribution in [0.1, 0.15) is 66.9 Å². The maximum absolute atomic E-state index is 6.67. The van der Waals surface area contributed by atoms with Gasteiger partial charge in [-0.05, 0) is 0 Å². The fourth-order valence-corrected chi connectivity index (χ4v) is 9.61. The van der Waals surface area contributed by atoms with Gasteiger partial charge in [-0.25, -0.2) is 0 Å². The van der Waals surface area contributed by atoms with Crippen LogP contribution in [-0.2, 0) is 24.8 Å². The average molecular weight is 480 g/mol. The van der Waals surface area contributed by atoms with Crippen LogP contribution in [0.3, 0.4) is 0 Å². The van der Waals surface area contributed by atoms with Crippen molar-refractivity contribution in [2.24, 2.45) is 5.92 Å². The van der Waals surface area contributed by atoms with Crippen molar-refractivity contribution in [3.05, 3.63) is 64.2 Å². The first kappa shape index (κ1) is 21.4. The third-order valence-corrected chi connectivity index (χ3v) is 10.7. The molecule has 1 aliphatic rings. The molecule has 0 amide bonds. The zero-order chi connectivity index (χ0) is 19.9. The number of fused-ring (bicyclic) bond motifs is 1. The van der Waals surface area contributed by atoms with Crippen molar-refractivity contribution in [2.75, 3.05) is 0 Å². The Hall–Kier alpha value is -0.357. The SMILES string of the molecule is Cc1ccccc1-c1c(C(C)(C)C)ccc2c1C=C(CC(C)C)[CH]2[Zr]([Cl])[Cl]. The molecule has 0 aliphatic heterocycles. The summed E-state index contributed by atoms with van der Waals surface area (Å²) in [6.45, 7) is 13.6. The quantitative estimate of drug-likeness (QED) is 0.413. The third-order valence-electron chi connectivity index (χ3n) is 5.38. The van der Waals surface area contributed by atoms with Gasteiger partial charge in [0, 0.05) is 0 Å². The summed E-state index contributed by atoms with van der Waals surface area (Å²) in [5.41, 5.74) is 9.64. The number of aryl methyl sites for hydroxylation is 1. The van der Waals surface area contributed by atoms with E-state index in [1.807, 2.05) is 0 Å². The molecule has 0 spiro atoms. The van der Waals surface area contributed by atoms with Crippen molar-refractivity contribution in [2.45, 2.75) is 57.0 Å². The van der Waals surface area contributed by atoms with Gasteiger partial charge in [0.25, 0.3) is 0 Å². The fraction of sp³-hybridized carbons (Fsp3) is 0.417. The predicted molar refractivity (Wildman–Crippen MR) is 117 cm³/mol. The molecule has 0 saturated carbocycles. The Balaban J connectivity index is 2.33. The molecule has 27 heavy (non-hydrogen) atoms. The van der Waals surface area contributed by atoms with Gasteiger partial charge in [0.05, 0.1) is 0 Å². The summed E-state index contributed by atoms with van der Waals surface area (Å²) in [6, 6.07) is 13.3. The van der Waals surface area contributed by atoms with Crippen LogP contribution in [0.15, 0.2) is 42.0 Å². The molecule has 0 nitrogen and oxygen atoms in total. The first-order valence-corrected chi connectivity index (χ1v) is 17.5. The van der Waals surface area contributed by atoms with E-state index in [0.717, 1.165) is 6.42 Å². The topological polar surface area (TPSA) is 0 Å². The summed E-state index contributed by atoms with van der Waals surface area (Å²) in [6.07, 6.45) is 3.49. The van der Waals surface area contributed by atoms with Crippen LogP contribution in [0.4, 0.5) is 0 Å². The predicted octanol–water partition coefficient (Wildman–Crippen LogP) is 8.37. The van der Waals surface area contributed by atoms with Crippen LogP contribution in [0, 0.1) is 12.8 Å². The molecule has 2 aromatic rings. The number of allylic oxidation sites excluding steroid dienone is 1. The van der Waals surface area contributed by atoms with Crippen molar-refractivity contribution in [1.29, 1.82) is 0 Å². The van der Waals surface area contributed by atoms with Crippen molar-refractivity contribution >= 4 is 23.1 Å². The van der Waals surface area contributed by atoms with Crippen LogP contribution in [0.5, 0.6) is 0 Å². The summed E-state index contributed by atoms with van der Waals surface area (Å²) in [5, 5.41) is 0. The van der Waals surface area contributed by atoms with E-state index in [2.05, 4.69) is 84.0 Å². The van der Waals surface area contributed by atoms with Gasteiger partial charge >= 0.3 is 181 Å². The molecule has 0 radical (unpaired) electrons. The molecule has 1 atom stereocenters. The fourth-order valence-electron chi connectivity index (χ4n) is 4.19. The van der Waals surface area contributed by atoms with Crippen molar-refractivity contribution in [1.82, 2.24) is 0 Å². The molecule has 0 aromatic heterocycles. The molecule has 0 saturated heterocycles. The van der Waals surface area contributed by atoms with Crippen LogP contribution < -0.4 is 0 Å². The Morgan fingerprint density at radius 3 is 2.26 bits per heavy atom. The summed E-state index contributed by atoms with van der Waals surface area (Å²) in [5.74, 6) is 0.605. The van der Waals surface area contributed by atoms with E-state index >= 15 is 0 Å². The monoisotopic (exact) mass is 477 g/mol. The first-order valence-electron chi connectivity index (χ1n) is 9.73. The number of halogens is 2. The van der Waals surface area contributed by atoms with Gasteiger partial charge in [-0.1, -0.05) is 0 Å². The zero-order valence-electron chi connectivity index (χ0n) is 17.2. The van der Waals surface area contributed by atoms with Crippen molar-refractivity contribution in [3.63, 3.8) is 0 Å². The van der Waals surface area contributed by atoms with E-state index in [1.54, 1.807) is 0 Å². The van der Waals surface area contributed by atoms with E-state index < -0.39 is 19.4 Å². The minimum absolute atomic E-state index is 0.0697. The van der Waals surface area contributed by atoms with Gasteiger partial charge < -0.3 is 0 Å². The molecule has 2 aromatic carbocycles. The van der Waals surface area contributed by atoms with E-state index in [0.29, 0.717) is 5.92 Å². The molecule has 1 unspecified atom stereocenters. The molecule has 1 aliphatic carbocycles. The minimum atomic E-state index is -2.49. The van der Waals surface area contributed by atoms with E-state index in [1.165, 1.54) is 39.0 Å². The third kappa shape index (κ3) is 4.31. The van der Waals surface area contributed by atoms with Gasteiger partial charge in [-0.3, -0.25) is 0 Å². The first-order chi connectivity index (χ1) is 12.6. The molecule has 0 fully saturated rings. The number of rotatable bonds is 4. The second-order valence-electron chi connectivity index (χ2n) is 9.10. The van der Waals surface area contributed by atoms with Crippen molar-refractivity contribution in [3.8, 4) is 11.1 Å². The Morgan fingerprint density at radius 1 is 1.04 bits per heavy atom. The van der Waals surface area contributed by atoms with Crippen LogP contribution in [0.2, 0.25) is 0 Å². The molecule has 3 heteroatoms. The van der Waals surface area contributed by atoms with E-state index in [-0.39, 0.29) is 9.04 Å². The zero-order valence-corrected chi connectivity index (χ0v) is 21.1. The molecular weight excluding hydrogens is 450 g/mol. The maximum atomic E-state index is 6.67. The molecule has 3 rings (SSSR count). The Labute approximate surface area is 179 Å². The number of hydrogen-bond acceptors (Lipinski definition) is 0. The summed E-state index contributed by atoms with van der Waals surface area (Å²) < 4.78 is 0.282. The average Bonchev–Trinajstić information content (AvgIpc) is 2.91. The van der Waals surface area contributed by atoms with Crippen molar-refractivity contribution < 1.29 is 19.4 Å². The second-order valence-corrected chi connectivity index (χ2v) is 17.9. The van der Waals surface area contributed by atoms with Gasteiger partial charge in [0.15, 0.2) is 0 Å². The standard InChI is InChI=1S/C24H29.2ClH.Zr/c1-16(2)13-18-14-19-11-12-22(24(4,5)6)23(21(19)15-18)20-10-8-7-9-17(20)3;;;/h7-12,14-16H,13H2,1-6H3;2*1H;/q;;;+2/p-2. The Morgan fingerprint density at radius 2 is 1.70 bits per heavy atom. The normalized spacial score (nSPS) is 16.5. The summed E-state index contributed by atoms with van der Waals surface area (Å²) in [4.78, 5) is 0. The number of hydrogen-bond donors (Lipinski definition) is 0. The molecule has 0 N–H and O–H groups in total. The second kappa shape index (κ2) is 8.18.